The number of amides is 1. The second-order valence-corrected chi connectivity index (χ2v) is 2.40. The number of carbonyl (C=O) groups excluding carboxylic acids is 1. The number of hydrogen-bond acceptors (Lipinski definition) is 1. The van der Waals surface area contributed by atoms with E-state index in [-0.39, 0.29) is 11.7 Å². The smallest absolute Gasteiger partial charge is 0.224 e. The Balaban J connectivity index is 2.75. The molecule has 1 aromatic carbocycles. The Morgan fingerprint density at radius 3 is 2.67 bits per heavy atom. The van der Waals surface area contributed by atoms with Crippen molar-refractivity contribution in [3.8, 4) is 5.75 Å². The van der Waals surface area contributed by atoms with Crippen molar-refractivity contribution in [2.75, 3.05) is 5.32 Å². The third-order valence-electron chi connectivity index (χ3n) is 1.48. The van der Waals surface area contributed by atoms with Gasteiger partial charge in [0.1, 0.15) is 0 Å². The number of anilines is 1. The van der Waals surface area contributed by atoms with Crippen LogP contribution in [0.1, 0.15) is 13.3 Å². The molecule has 0 aliphatic rings. The maximum atomic E-state index is 11.1. The van der Waals surface area contributed by atoms with E-state index in [0.29, 0.717) is 12.1 Å². The molecular formula is C9H10NO2. The minimum absolute atomic E-state index is 0.140. The summed E-state index contributed by atoms with van der Waals surface area (Å²) in [5.41, 5.74) is 0.351. The molecular weight excluding hydrogens is 154 g/mol. The molecule has 0 spiro atoms. The van der Waals surface area contributed by atoms with E-state index in [4.69, 9.17) is 0 Å². The summed E-state index contributed by atoms with van der Waals surface area (Å²) < 4.78 is 0. The van der Waals surface area contributed by atoms with E-state index < -0.39 is 0 Å². The predicted octanol–water partition coefficient (Wildman–Crippen LogP) is 2.18. The maximum Gasteiger partial charge on any atom is 0.224 e. The van der Waals surface area contributed by atoms with E-state index in [1.807, 2.05) is 0 Å². The van der Waals surface area contributed by atoms with Crippen LogP contribution in [0.3, 0.4) is 0 Å². The average molecular weight is 164 g/mol. The summed E-state index contributed by atoms with van der Waals surface area (Å²) in [5, 5.41) is 13.6. The third-order valence-corrected chi connectivity index (χ3v) is 1.48. The third kappa shape index (κ3) is 1.99. The van der Waals surface area contributed by atoms with Gasteiger partial charge in [-0.15, -0.1) is 0 Å². The van der Waals surface area contributed by atoms with Gasteiger partial charge in [-0.05, 0) is 12.1 Å². The van der Waals surface area contributed by atoms with Crippen molar-refractivity contribution in [2.24, 2.45) is 0 Å². The number of nitrogens with one attached hydrogen (secondary N) is 1. The summed E-state index contributed by atoms with van der Waals surface area (Å²) in [5.74, 6) is -0.294. The summed E-state index contributed by atoms with van der Waals surface area (Å²) in [7, 11) is 0. The van der Waals surface area contributed by atoms with Gasteiger partial charge in [-0.2, -0.15) is 0 Å². The molecule has 0 bridgehead atoms. The summed E-state index contributed by atoms with van der Waals surface area (Å²) in [6.07, 6.45) is 0.383. The standard InChI is InChI=1S/C9H10NO2/c1-2-9(12)10-7-5-3-4-6-8(7)11/h3-6H,2H2,1H3,(H,10,12). The maximum absolute atomic E-state index is 11.1. The molecule has 0 unspecified atom stereocenters. The van der Waals surface area contributed by atoms with Crippen molar-refractivity contribution in [2.45, 2.75) is 13.3 Å². The lowest BCUT2D eigenvalue weighted by molar-refractivity contribution is -0.115. The number of benzene rings is 1. The molecule has 0 aromatic heterocycles. The van der Waals surface area contributed by atoms with Crippen LogP contribution in [-0.4, -0.2) is 5.91 Å². The van der Waals surface area contributed by atoms with Crippen LogP contribution in [-0.2, 0) is 9.90 Å². The van der Waals surface area contributed by atoms with Gasteiger partial charge >= 0.3 is 0 Å². The zero-order chi connectivity index (χ0) is 8.97. The first kappa shape index (κ1) is 8.59. The molecule has 0 aliphatic heterocycles. The molecule has 0 heterocycles. The van der Waals surface area contributed by atoms with Crippen molar-refractivity contribution in [1.29, 1.82) is 0 Å². The van der Waals surface area contributed by atoms with E-state index in [0.717, 1.165) is 0 Å². The molecule has 0 saturated heterocycles. The quantitative estimate of drug-likeness (QED) is 0.715. The van der Waals surface area contributed by atoms with Crippen LogP contribution in [0.4, 0.5) is 5.69 Å². The molecule has 0 fully saturated rings. The fourth-order valence-electron chi connectivity index (χ4n) is 0.809. The highest BCUT2D eigenvalue weighted by Crippen LogP contribution is 2.22. The zero-order valence-corrected chi connectivity index (χ0v) is 6.83. The zero-order valence-electron chi connectivity index (χ0n) is 6.83. The molecule has 0 saturated carbocycles. The Morgan fingerprint density at radius 1 is 1.42 bits per heavy atom. The van der Waals surface area contributed by atoms with E-state index in [1.165, 1.54) is 6.07 Å². The van der Waals surface area contributed by atoms with Crippen molar-refractivity contribution in [3.63, 3.8) is 0 Å². The molecule has 1 amide bonds. The average Bonchev–Trinajstić information content (AvgIpc) is 2.09. The lowest BCUT2D eigenvalue weighted by Crippen LogP contribution is -2.09. The molecule has 3 nitrogen and oxygen atoms in total. The van der Waals surface area contributed by atoms with E-state index in [2.05, 4.69) is 5.32 Å². The van der Waals surface area contributed by atoms with E-state index in [1.54, 1.807) is 25.1 Å². The first-order chi connectivity index (χ1) is 5.74. The molecule has 0 atom stereocenters. The minimum atomic E-state index is -0.153. The van der Waals surface area contributed by atoms with E-state index in [9.17, 15) is 9.90 Å². The largest absolute Gasteiger partial charge is 0.323 e. The van der Waals surface area contributed by atoms with Gasteiger partial charge in [0, 0.05) is 6.42 Å². The molecule has 1 radical (unpaired) electrons. The van der Waals surface area contributed by atoms with Gasteiger partial charge in [-0.3, -0.25) is 9.90 Å². The highest BCUT2D eigenvalue weighted by molar-refractivity contribution is 5.91. The molecule has 3 heteroatoms. The lowest BCUT2D eigenvalue weighted by Gasteiger charge is -2.02. The lowest BCUT2D eigenvalue weighted by atomic mass is 10.3. The summed E-state index contributed by atoms with van der Waals surface area (Å²) in [6.45, 7) is 1.74. The first-order valence-corrected chi connectivity index (χ1v) is 3.80. The van der Waals surface area contributed by atoms with Gasteiger partial charge in [0.05, 0.1) is 5.69 Å². The normalized spacial score (nSPS) is 9.42. The number of carbonyl (C=O) groups is 1. The molecule has 1 rings (SSSR count). The van der Waals surface area contributed by atoms with Crippen LogP contribution in [0.2, 0.25) is 0 Å². The van der Waals surface area contributed by atoms with Crippen molar-refractivity contribution >= 4 is 11.6 Å². The Hall–Kier alpha value is -1.51. The van der Waals surface area contributed by atoms with Crippen molar-refractivity contribution in [1.82, 2.24) is 0 Å². The van der Waals surface area contributed by atoms with Crippen LogP contribution in [0, 0.1) is 0 Å². The summed E-state index contributed by atoms with van der Waals surface area (Å²) >= 11 is 0. The Labute approximate surface area is 71.0 Å². The van der Waals surface area contributed by atoms with Crippen molar-refractivity contribution < 1.29 is 9.90 Å². The predicted molar refractivity (Wildman–Crippen MR) is 45.5 cm³/mol. The number of rotatable bonds is 2. The SMILES string of the molecule is CCC(=O)Nc1ccccc1[O]. The molecule has 12 heavy (non-hydrogen) atoms. The molecule has 1 aromatic rings. The fraction of sp³-hybridized carbons (Fsp3) is 0.222. The number of hydrogen-bond donors (Lipinski definition) is 1. The second kappa shape index (κ2) is 3.76. The van der Waals surface area contributed by atoms with Gasteiger partial charge < -0.3 is 5.32 Å². The number of para-hydroxylation sites is 2. The summed E-state index contributed by atoms with van der Waals surface area (Å²) in [4.78, 5) is 10.9. The Morgan fingerprint density at radius 2 is 2.08 bits per heavy atom. The highest BCUT2D eigenvalue weighted by Gasteiger charge is 2.03. The Bertz CT molecular complexity index is 284. The van der Waals surface area contributed by atoms with Crippen LogP contribution >= 0.6 is 0 Å². The molecule has 63 valence electrons. The fourth-order valence-corrected chi connectivity index (χ4v) is 0.809. The van der Waals surface area contributed by atoms with Gasteiger partial charge in [-0.25, -0.2) is 0 Å². The topological polar surface area (TPSA) is 49.0 Å². The highest BCUT2D eigenvalue weighted by atomic mass is 16.3. The van der Waals surface area contributed by atoms with Gasteiger partial charge in [0.25, 0.3) is 0 Å². The minimum Gasteiger partial charge on any atom is -0.323 e. The van der Waals surface area contributed by atoms with Crippen LogP contribution in [0.25, 0.3) is 0 Å². The Kier molecular flexibility index (Phi) is 2.69. The molecule has 0 aliphatic carbocycles. The summed E-state index contributed by atoms with van der Waals surface area (Å²) in [6, 6.07) is 6.37. The molecule has 1 N–H and O–H groups in total. The van der Waals surface area contributed by atoms with Crippen LogP contribution in [0.5, 0.6) is 5.75 Å². The first-order valence-electron chi connectivity index (χ1n) is 3.80. The van der Waals surface area contributed by atoms with Crippen molar-refractivity contribution in [3.05, 3.63) is 24.3 Å². The van der Waals surface area contributed by atoms with Crippen LogP contribution in [0.15, 0.2) is 24.3 Å². The van der Waals surface area contributed by atoms with Gasteiger partial charge in [0.15, 0.2) is 0 Å². The van der Waals surface area contributed by atoms with Crippen LogP contribution < -0.4 is 5.32 Å². The monoisotopic (exact) mass is 164 g/mol. The van der Waals surface area contributed by atoms with Gasteiger partial charge in [-0.1, -0.05) is 19.1 Å². The van der Waals surface area contributed by atoms with E-state index >= 15 is 0 Å². The second-order valence-electron chi connectivity index (χ2n) is 2.40. The van der Waals surface area contributed by atoms with Gasteiger partial charge in [0.2, 0.25) is 11.7 Å².